The van der Waals surface area contributed by atoms with Crippen LogP contribution in [0.4, 0.5) is 10.1 Å². The van der Waals surface area contributed by atoms with Gasteiger partial charge in [0.05, 0.1) is 0 Å². The van der Waals surface area contributed by atoms with Gasteiger partial charge >= 0.3 is 0 Å². The zero-order valence-electron chi connectivity index (χ0n) is 10.7. The number of nitrogens with two attached hydrogens (primary N) is 1. The standard InChI is InChI=1S/C15H14BrFN2O/c16-12-6-5-11(9-14(12)18)15(20)19-8-7-10-3-1-2-4-13(10)17/h1-6,9H,7-8,18H2,(H,19,20). The van der Waals surface area contributed by atoms with Crippen LogP contribution >= 0.6 is 15.9 Å². The average molecular weight is 337 g/mol. The molecule has 0 aliphatic heterocycles. The minimum atomic E-state index is -0.255. The van der Waals surface area contributed by atoms with Crippen LogP contribution in [-0.4, -0.2) is 12.5 Å². The van der Waals surface area contributed by atoms with Gasteiger partial charge in [-0.1, -0.05) is 18.2 Å². The number of benzene rings is 2. The molecule has 5 heteroatoms. The van der Waals surface area contributed by atoms with E-state index in [9.17, 15) is 9.18 Å². The van der Waals surface area contributed by atoms with E-state index in [-0.39, 0.29) is 11.7 Å². The largest absolute Gasteiger partial charge is 0.398 e. The highest BCUT2D eigenvalue weighted by Gasteiger charge is 2.07. The third-order valence-electron chi connectivity index (χ3n) is 2.90. The number of amides is 1. The summed E-state index contributed by atoms with van der Waals surface area (Å²) in [7, 11) is 0. The smallest absolute Gasteiger partial charge is 0.251 e. The number of hydrogen-bond donors (Lipinski definition) is 2. The van der Waals surface area contributed by atoms with Crippen molar-refractivity contribution in [1.29, 1.82) is 0 Å². The highest BCUT2D eigenvalue weighted by molar-refractivity contribution is 9.10. The van der Waals surface area contributed by atoms with Gasteiger partial charge in [0, 0.05) is 22.3 Å². The van der Waals surface area contributed by atoms with Crippen molar-refractivity contribution in [2.45, 2.75) is 6.42 Å². The molecule has 2 aromatic rings. The summed E-state index contributed by atoms with van der Waals surface area (Å²) < 4.78 is 14.2. The fourth-order valence-electron chi connectivity index (χ4n) is 1.80. The second-order valence-corrected chi connectivity index (χ2v) is 5.19. The number of rotatable bonds is 4. The van der Waals surface area contributed by atoms with Crippen molar-refractivity contribution in [3.63, 3.8) is 0 Å². The van der Waals surface area contributed by atoms with Crippen molar-refractivity contribution < 1.29 is 9.18 Å². The minimum absolute atomic E-state index is 0.222. The molecule has 0 aliphatic carbocycles. The van der Waals surface area contributed by atoms with Gasteiger partial charge in [0.15, 0.2) is 0 Å². The molecular formula is C15H14BrFN2O. The van der Waals surface area contributed by atoms with Crippen molar-refractivity contribution in [3.05, 3.63) is 63.9 Å². The van der Waals surface area contributed by atoms with Crippen molar-refractivity contribution in [2.75, 3.05) is 12.3 Å². The number of carbonyl (C=O) groups excluding carboxylic acids is 1. The van der Waals surface area contributed by atoms with Gasteiger partial charge in [-0.25, -0.2) is 4.39 Å². The molecule has 1 amide bonds. The maximum Gasteiger partial charge on any atom is 0.251 e. The van der Waals surface area contributed by atoms with Gasteiger partial charge in [-0.2, -0.15) is 0 Å². The number of halogens is 2. The Hall–Kier alpha value is -1.88. The number of anilines is 1. The molecule has 104 valence electrons. The second-order valence-electron chi connectivity index (χ2n) is 4.33. The Labute approximate surface area is 125 Å². The Morgan fingerprint density at radius 1 is 1.25 bits per heavy atom. The number of nitrogens with one attached hydrogen (secondary N) is 1. The third-order valence-corrected chi connectivity index (χ3v) is 3.62. The maximum atomic E-state index is 13.4. The van der Waals surface area contributed by atoms with Crippen LogP contribution in [0, 0.1) is 5.82 Å². The monoisotopic (exact) mass is 336 g/mol. The lowest BCUT2D eigenvalue weighted by Crippen LogP contribution is -2.26. The Morgan fingerprint density at radius 2 is 2.00 bits per heavy atom. The molecule has 2 aromatic carbocycles. The first kappa shape index (κ1) is 14.5. The molecule has 0 unspecified atom stereocenters. The van der Waals surface area contributed by atoms with E-state index in [1.165, 1.54) is 6.07 Å². The lowest BCUT2D eigenvalue weighted by molar-refractivity contribution is 0.0954. The Morgan fingerprint density at radius 3 is 2.70 bits per heavy atom. The molecule has 0 atom stereocenters. The quantitative estimate of drug-likeness (QED) is 0.842. The van der Waals surface area contributed by atoms with Crippen LogP contribution in [0.15, 0.2) is 46.9 Å². The molecule has 0 aromatic heterocycles. The fraction of sp³-hybridized carbons (Fsp3) is 0.133. The molecule has 0 fully saturated rings. The van der Waals surface area contributed by atoms with Crippen LogP contribution in [0.2, 0.25) is 0 Å². The zero-order chi connectivity index (χ0) is 14.5. The van der Waals surface area contributed by atoms with Gasteiger partial charge in [-0.15, -0.1) is 0 Å². The maximum absolute atomic E-state index is 13.4. The van der Waals surface area contributed by atoms with Crippen LogP contribution in [0.3, 0.4) is 0 Å². The van der Waals surface area contributed by atoms with E-state index in [0.717, 1.165) is 4.47 Å². The molecule has 0 saturated carbocycles. The predicted molar refractivity (Wildman–Crippen MR) is 81.0 cm³/mol. The molecule has 20 heavy (non-hydrogen) atoms. The highest BCUT2D eigenvalue weighted by atomic mass is 79.9. The van der Waals surface area contributed by atoms with Crippen LogP contribution in [0.25, 0.3) is 0 Å². The van der Waals surface area contributed by atoms with E-state index >= 15 is 0 Å². The van der Waals surface area contributed by atoms with Gasteiger partial charge in [-0.3, -0.25) is 4.79 Å². The van der Waals surface area contributed by atoms with Gasteiger partial charge in [-0.05, 0) is 52.2 Å². The first-order chi connectivity index (χ1) is 9.58. The van der Waals surface area contributed by atoms with E-state index < -0.39 is 0 Å². The van der Waals surface area contributed by atoms with Gasteiger partial charge in [0.2, 0.25) is 0 Å². The molecule has 0 aliphatic rings. The summed E-state index contributed by atoms with van der Waals surface area (Å²) in [5, 5.41) is 2.74. The number of carbonyl (C=O) groups is 1. The lowest BCUT2D eigenvalue weighted by Gasteiger charge is -2.07. The Kier molecular flexibility index (Phi) is 4.74. The fourth-order valence-corrected chi connectivity index (χ4v) is 2.05. The molecule has 0 heterocycles. The molecule has 0 bridgehead atoms. The average Bonchev–Trinajstić information content (AvgIpc) is 2.44. The molecule has 3 nitrogen and oxygen atoms in total. The summed E-state index contributed by atoms with van der Waals surface area (Å²) in [4.78, 5) is 11.9. The normalized spacial score (nSPS) is 10.3. The van der Waals surface area contributed by atoms with Crippen LogP contribution < -0.4 is 11.1 Å². The summed E-state index contributed by atoms with van der Waals surface area (Å²) in [6.07, 6.45) is 0.449. The van der Waals surface area contributed by atoms with Gasteiger partial charge in [0.1, 0.15) is 5.82 Å². The van der Waals surface area contributed by atoms with E-state index in [2.05, 4.69) is 21.2 Å². The van der Waals surface area contributed by atoms with E-state index in [0.29, 0.717) is 29.8 Å². The van der Waals surface area contributed by atoms with Gasteiger partial charge < -0.3 is 11.1 Å². The van der Waals surface area contributed by atoms with Crippen molar-refractivity contribution in [3.8, 4) is 0 Å². The molecule has 0 radical (unpaired) electrons. The first-order valence-corrected chi connectivity index (χ1v) is 6.94. The van der Waals surface area contributed by atoms with E-state index in [1.54, 1.807) is 36.4 Å². The summed E-state index contributed by atoms with van der Waals surface area (Å²) in [5.41, 5.74) is 7.30. The van der Waals surface area contributed by atoms with Gasteiger partial charge in [0.25, 0.3) is 5.91 Å². The second kappa shape index (κ2) is 6.52. The van der Waals surface area contributed by atoms with Crippen molar-refractivity contribution in [2.24, 2.45) is 0 Å². The van der Waals surface area contributed by atoms with Crippen LogP contribution in [0.1, 0.15) is 15.9 Å². The van der Waals surface area contributed by atoms with E-state index in [4.69, 9.17) is 5.73 Å². The van der Waals surface area contributed by atoms with Crippen LogP contribution in [0.5, 0.6) is 0 Å². The molecular weight excluding hydrogens is 323 g/mol. The first-order valence-electron chi connectivity index (χ1n) is 6.14. The predicted octanol–water partition coefficient (Wildman–Crippen LogP) is 3.14. The molecule has 0 saturated heterocycles. The molecule has 2 rings (SSSR count). The SMILES string of the molecule is Nc1cc(C(=O)NCCc2ccccc2F)ccc1Br. The summed E-state index contributed by atoms with van der Waals surface area (Å²) in [6.45, 7) is 0.371. The summed E-state index contributed by atoms with van der Waals surface area (Å²) >= 11 is 3.27. The zero-order valence-corrected chi connectivity index (χ0v) is 12.3. The Balaban J connectivity index is 1.92. The number of hydrogen-bond acceptors (Lipinski definition) is 2. The summed E-state index contributed by atoms with van der Waals surface area (Å²) in [6, 6.07) is 11.5. The van der Waals surface area contributed by atoms with Crippen molar-refractivity contribution in [1.82, 2.24) is 5.32 Å². The van der Waals surface area contributed by atoms with E-state index in [1.807, 2.05) is 0 Å². The summed E-state index contributed by atoms with van der Waals surface area (Å²) in [5.74, 6) is -0.477. The third kappa shape index (κ3) is 3.57. The molecule has 0 spiro atoms. The Bertz CT molecular complexity index is 631. The lowest BCUT2D eigenvalue weighted by atomic mass is 10.1. The molecule has 3 N–H and O–H groups in total. The number of nitrogen functional groups attached to an aromatic ring is 1. The topological polar surface area (TPSA) is 55.1 Å². The van der Waals surface area contributed by atoms with Crippen LogP contribution in [-0.2, 0) is 6.42 Å². The highest BCUT2D eigenvalue weighted by Crippen LogP contribution is 2.20. The minimum Gasteiger partial charge on any atom is -0.398 e. The van der Waals surface area contributed by atoms with Crippen molar-refractivity contribution >= 4 is 27.5 Å².